The molecule has 1 saturated heterocycles. The van der Waals surface area contributed by atoms with E-state index in [2.05, 4.69) is 15.5 Å². The number of anilines is 1. The Morgan fingerprint density at radius 2 is 2.05 bits per heavy atom. The van der Waals surface area contributed by atoms with Gasteiger partial charge in [0.25, 0.3) is 0 Å². The molecular weight excluding hydrogens is 268 g/mol. The monoisotopic (exact) mass is 290 g/mol. The summed E-state index contributed by atoms with van der Waals surface area (Å²) >= 11 is 0. The van der Waals surface area contributed by atoms with E-state index in [4.69, 9.17) is 5.73 Å². The molecule has 0 aromatic heterocycles. The zero-order valence-corrected chi connectivity index (χ0v) is 12.3. The van der Waals surface area contributed by atoms with Crippen molar-refractivity contribution in [3.8, 4) is 0 Å². The van der Waals surface area contributed by atoms with E-state index in [1.165, 1.54) is 0 Å². The number of nitrogens with one attached hydrogen (secondary N) is 2. The Kier molecular flexibility index (Phi) is 5.30. The first-order valence-corrected chi connectivity index (χ1v) is 7.15. The van der Waals surface area contributed by atoms with Gasteiger partial charge in [-0.2, -0.15) is 0 Å². The van der Waals surface area contributed by atoms with Gasteiger partial charge in [0.1, 0.15) is 0 Å². The number of carbonyl (C=O) groups is 2. The van der Waals surface area contributed by atoms with Gasteiger partial charge in [0.15, 0.2) is 0 Å². The first-order chi connectivity index (χ1) is 10.1. The van der Waals surface area contributed by atoms with Crippen LogP contribution in [0.2, 0.25) is 0 Å². The molecule has 4 N–H and O–H groups in total. The molecule has 2 amide bonds. The van der Waals surface area contributed by atoms with Crippen LogP contribution in [0, 0.1) is 5.92 Å². The second kappa shape index (κ2) is 7.19. The van der Waals surface area contributed by atoms with E-state index < -0.39 is 5.91 Å². The quantitative estimate of drug-likeness (QED) is 0.701. The van der Waals surface area contributed by atoms with Crippen LogP contribution in [-0.2, 0) is 4.79 Å². The van der Waals surface area contributed by atoms with E-state index in [0.29, 0.717) is 23.7 Å². The SMILES string of the molecule is CNCC1CCN(CC(=O)Nc2ccc(C(N)=O)cc2)C1. The number of nitrogens with zero attached hydrogens (tertiary/aromatic N) is 1. The molecule has 6 nitrogen and oxygen atoms in total. The van der Waals surface area contributed by atoms with Crippen LogP contribution in [0.4, 0.5) is 5.69 Å². The lowest BCUT2D eigenvalue weighted by molar-refractivity contribution is -0.117. The number of primary amides is 1. The summed E-state index contributed by atoms with van der Waals surface area (Å²) in [5.74, 6) is 0.116. The van der Waals surface area contributed by atoms with Crippen molar-refractivity contribution in [3.63, 3.8) is 0 Å². The van der Waals surface area contributed by atoms with E-state index in [0.717, 1.165) is 26.1 Å². The number of likely N-dealkylation sites (tertiary alicyclic amines) is 1. The smallest absolute Gasteiger partial charge is 0.248 e. The molecule has 1 aliphatic rings. The molecule has 6 heteroatoms. The van der Waals surface area contributed by atoms with Crippen LogP contribution in [-0.4, -0.2) is 49.9 Å². The van der Waals surface area contributed by atoms with Crippen LogP contribution in [0.1, 0.15) is 16.8 Å². The fourth-order valence-corrected chi connectivity index (χ4v) is 2.63. The summed E-state index contributed by atoms with van der Waals surface area (Å²) in [5.41, 5.74) is 6.28. The summed E-state index contributed by atoms with van der Waals surface area (Å²) in [6, 6.07) is 6.59. The Hall–Kier alpha value is -1.92. The highest BCUT2D eigenvalue weighted by atomic mass is 16.2. The predicted molar refractivity (Wildman–Crippen MR) is 82.1 cm³/mol. The number of hydrogen-bond donors (Lipinski definition) is 3. The van der Waals surface area contributed by atoms with Gasteiger partial charge < -0.3 is 16.4 Å². The van der Waals surface area contributed by atoms with Gasteiger partial charge in [0.05, 0.1) is 6.54 Å². The second-order valence-corrected chi connectivity index (χ2v) is 5.44. The number of amides is 2. The summed E-state index contributed by atoms with van der Waals surface area (Å²) in [6.07, 6.45) is 1.13. The number of carbonyl (C=O) groups excluding carboxylic acids is 2. The van der Waals surface area contributed by atoms with Gasteiger partial charge in [-0.15, -0.1) is 0 Å². The molecule has 0 saturated carbocycles. The molecule has 1 heterocycles. The third kappa shape index (κ3) is 4.54. The van der Waals surface area contributed by atoms with Gasteiger partial charge in [-0.3, -0.25) is 14.5 Å². The highest BCUT2D eigenvalue weighted by Crippen LogP contribution is 2.15. The second-order valence-electron chi connectivity index (χ2n) is 5.44. The van der Waals surface area contributed by atoms with E-state index in [9.17, 15) is 9.59 Å². The average molecular weight is 290 g/mol. The lowest BCUT2D eigenvalue weighted by Gasteiger charge is -2.15. The lowest BCUT2D eigenvalue weighted by atomic mass is 10.1. The van der Waals surface area contributed by atoms with Crippen LogP contribution in [0.25, 0.3) is 0 Å². The van der Waals surface area contributed by atoms with E-state index >= 15 is 0 Å². The van der Waals surface area contributed by atoms with Crippen molar-refractivity contribution in [3.05, 3.63) is 29.8 Å². The Labute approximate surface area is 124 Å². The average Bonchev–Trinajstić information content (AvgIpc) is 2.87. The number of hydrogen-bond acceptors (Lipinski definition) is 4. The van der Waals surface area contributed by atoms with Crippen molar-refractivity contribution in [2.45, 2.75) is 6.42 Å². The molecule has 1 aliphatic heterocycles. The molecule has 114 valence electrons. The zero-order valence-electron chi connectivity index (χ0n) is 12.3. The van der Waals surface area contributed by atoms with Gasteiger partial charge >= 0.3 is 0 Å². The molecule has 2 rings (SSSR count). The van der Waals surface area contributed by atoms with Gasteiger partial charge in [-0.05, 0) is 56.7 Å². The maximum absolute atomic E-state index is 12.0. The first-order valence-electron chi connectivity index (χ1n) is 7.15. The Bertz CT molecular complexity index is 501. The molecule has 1 aromatic carbocycles. The first kappa shape index (κ1) is 15.5. The van der Waals surface area contributed by atoms with E-state index in [-0.39, 0.29) is 5.91 Å². The molecule has 0 radical (unpaired) electrons. The number of benzene rings is 1. The maximum atomic E-state index is 12.0. The molecule has 1 unspecified atom stereocenters. The molecule has 1 atom stereocenters. The largest absolute Gasteiger partial charge is 0.366 e. The van der Waals surface area contributed by atoms with Gasteiger partial charge in [0, 0.05) is 17.8 Å². The highest BCUT2D eigenvalue weighted by Gasteiger charge is 2.23. The van der Waals surface area contributed by atoms with Crippen LogP contribution in [0.3, 0.4) is 0 Å². The molecule has 0 bridgehead atoms. The fraction of sp³-hybridized carbons (Fsp3) is 0.467. The standard InChI is InChI=1S/C15H22N4O2/c1-17-8-11-6-7-19(9-11)10-14(20)18-13-4-2-12(3-5-13)15(16)21/h2-5,11,17H,6-10H2,1H3,(H2,16,21)(H,18,20). The summed E-state index contributed by atoms with van der Waals surface area (Å²) in [6.45, 7) is 3.31. The van der Waals surface area contributed by atoms with Crippen molar-refractivity contribution < 1.29 is 9.59 Å². The number of rotatable bonds is 6. The Morgan fingerprint density at radius 1 is 1.33 bits per heavy atom. The number of nitrogens with two attached hydrogens (primary N) is 1. The van der Waals surface area contributed by atoms with Crippen LogP contribution in [0.5, 0.6) is 0 Å². The van der Waals surface area contributed by atoms with Crippen LogP contribution < -0.4 is 16.4 Å². The Balaban J connectivity index is 1.80. The third-order valence-corrected chi connectivity index (χ3v) is 3.68. The van der Waals surface area contributed by atoms with Crippen molar-refractivity contribution in [2.75, 3.05) is 38.5 Å². The minimum Gasteiger partial charge on any atom is -0.366 e. The highest BCUT2D eigenvalue weighted by molar-refractivity contribution is 5.95. The normalized spacial score (nSPS) is 18.6. The van der Waals surface area contributed by atoms with Gasteiger partial charge in [0.2, 0.25) is 11.8 Å². The molecule has 0 aliphatic carbocycles. The molecule has 1 fully saturated rings. The van der Waals surface area contributed by atoms with Crippen molar-refractivity contribution in [2.24, 2.45) is 11.7 Å². The lowest BCUT2D eigenvalue weighted by Crippen LogP contribution is -2.32. The van der Waals surface area contributed by atoms with Gasteiger partial charge in [-0.1, -0.05) is 0 Å². The molecule has 0 spiro atoms. The van der Waals surface area contributed by atoms with Crippen molar-refractivity contribution in [1.82, 2.24) is 10.2 Å². The maximum Gasteiger partial charge on any atom is 0.248 e. The Morgan fingerprint density at radius 3 is 2.67 bits per heavy atom. The van der Waals surface area contributed by atoms with E-state index in [1.54, 1.807) is 24.3 Å². The van der Waals surface area contributed by atoms with Gasteiger partial charge in [-0.25, -0.2) is 0 Å². The summed E-state index contributed by atoms with van der Waals surface area (Å²) < 4.78 is 0. The minimum absolute atomic E-state index is 0.0352. The van der Waals surface area contributed by atoms with E-state index in [1.807, 2.05) is 7.05 Å². The molecule has 1 aromatic rings. The summed E-state index contributed by atoms with van der Waals surface area (Å²) in [7, 11) is 1.95. The molecule has 21 heavy (non-hydrogen) atoms. The third-order valence-electron chi connectivity index (χ3n) is 3.68. The predicted octanol–water partition coefficient (Wildman–Crippen LogP) is 0.265. The van der Waals surface area contributed by atoms with Crippen molar-refractivity contribution in [1.29, 1.82) is 0 Å². The van der Waals surface area contributed by atoms with Crippen LogP contribution >= 0.6 is 0 Å². The molecular formula is C15H22N4O2. The zero-order chi connectivity index (χ0) is 15.2. The van der Waals surface area contributed by atoms with Crippen LogP contribution in [0.15, 0.2) is 24.3 Å². The van der Waals surface area contributed by atoms with Crippen molar-refractivity contribution >= 4 is 17.5 Å². The fourth-order valence-electron chi connectivity index (χ4n) is 2.63. The topological polar surface area (TPSA) is 87.5 Å². The summed E-state index contributed by atoms with van der Waals surface area (Å²) in [4.78, 5) is 25.1. The minimum atomic E-state index is -0.472. The summed E-state index contributed by atoms with van der Waals surface area (Å²) in [5, 5.41) is 6.01.